The van der Waals surface area contributed by atoms with Gasteiger partial charge in [-0.25, -0.2) is 4.79 Å². The number of ether oxygens (including phenoxy) is 1. The number of nitrogens with zero attached hydrogens (tertiary/aromatic N) is 2. The first kappa shape index (κ1) is 12.9. The van der Waals surface area contributed by atoms with E-state index in [4.69, 9.17) is 4.74 Å². The van der Waals surface area contributed by atoms with Crippen LogP contribution in [0.4, 0.5) is 0 Å². The molecule has 5 heteroatoms. The van der Waals surface area contributed by atoms with E-state index in [1.807, 2.05) is 12.1 Å². The minimum Gasteiger partial charge on any atom is -0.465 e. The summed E-state index contributed by atoms with van der Waals surface area (Å²) in [5.41, 5.74) is 3.67. The number of hydrogen-bond donors (Lipinski definition) is 1. The molecule has 1 N–H and O–H groups in total. The van der Waals surface area contributed by atoms with Gasteiger partial charge in [0, 0.05) is 18.5 Å². The monoisotopic (exact) mass is 271 g/mol. The number of likely N-dealkylation sites (N-methyl/N-ethyl adjacent to an activating group) is 1. The molecule has 2 aromatic rings. The second-order valence-corrected chi connectivity index (χ2v) is 5.07. The van der Waals surface area contributed by atoms with Gasteiger partial charge in [-0.15, -0.1) is 0 Å². The summed E-state index contributed by atoms with van der Waals surface area (Å²) in [5.74, 6) is -0.323. The fraction of sp³-hybridized carbons (Fsp3) is 0.333. The van der Waals surface area contributed by atoms with Gasteiger partial charge in [-0.05, 0) is 37.2 Å². The van der Waals surface area contributed by atoms with Crippen molar-refractivity contribution < 1.29 is 9.53 Å². The van der Waals surface area contributed by atoms with E-state index >= 15 is 0 Å². The van der Waals surface area contributed by atoms with Crippen molar-refractivity contribution in [3.8, 4) is 0 Å². The number of benzene rings is 1. The average Bonchev–Trinajstić information content (AvgIpc) is 2.90. The van der Waals surface area contributed by atoms with E-state index in [1.54, 1.807) is 6.07 Å². The lowest BCUT2D eigenvalue weighted by atomic mass is 10.0. The lowest BCUT2D eigenvalue weighted by Gasteiger charge is -2.21. The number of esters is 1. The van der Waals surface area contributed by atoms with Gasteiger partial charge >= 0.3 is 5.97 Å². The summed E-state index contributed by atoms with van der Waals surface area (Å²) in [5, 5.41) is 8.41. The Morgan fingerprint density at radius 1 is 1.45 bits per heavy atom. The molecule has 0 fully saturated rings. The smallest absolute Gasteiger partial charge is 0.337 e. The summed E-state index contributed by atoms with van der Waals surface area (Å²) >= 11 is 0. The lowest BCUT2D eigenvalue weighted by Crippen LogP contribution is -2.23. The van der Waals surface area contributed by atoms with Crippen molar-refractivity contribution in [2.75, 3.05) is 27.2 Å². The van der Waals surface area contributed by atoms with Crippen LogP contribution in [0.2, 0.25) is 0 Å². The zero-order valence-corrected chi connectivity index (χ0v) is 11.6. The van der Waals surface area contributed by atoms with Gasteiger partial charge < -0.3 is 9.64 Å². The van der Waals surface area contributed by atoms with Gasteiger partial charge in [0.2, 0.25) is 0 Å². The highest BCUT2D eigenvalue weighted by Crippen LogP contribution is 2.27. The molecule has 0 amide bonds. The Bertz CT molecular complexity index is 687. The minimum atomic E-state index is -0.323. The summed E-state index contributed by atoms with van der Waals surface area (Å²) in [6.45, 7) is 1.96. The molecule has 5 nitrogen and oxygen atoms in total. The van der Waals surface area contributed by atoms with Crippen molar-refractivity contribution >= 4 is 22.4 Å². The van der Waals surface area contributed by atoms with Crippen LogP contribution in [0.5, 0.6) is 0 Å². The van der Waals surface area contributed by atoms with Crippen LogP contribution < -0.4 is 0 Å². The molecule has 0 atom stereocenters. The van der Waals surface area contributed by atoms with E-state index in [9.17, 15) is 4.79 Å². The summed E-state index contributed by atoms with van der Waals surface area (Å²) in [6, 6.07) is 5.46. The number of rotatable bonds is 2. The van der Waals surface area contributed by atoms with E-state index in [0.717, 1.165) is 36.1 Å². The molecule has 20 heavy (non-hydrogen) atoms. The molecule has 0 bridgehead atoms. The van der Waals surface area contributed by atoms with Crippen LogP contribution >= 0.6 is 0 Å². The number of methoxy groups -OCH3 is 1. The predicted molar refractivity (Wildman–Crippen MR) is 77.5 cm³/mol. The summed E-state index contributed by atoms with van der Waals surface area (Å²) in [4.78, 5) is 13.9. The van der Waals surface area contributed by atoms with Gasteiger partial charge in [-0.2, -0.15) is 5.10 Å². The zero-order valence-electron chi connectivity index (χ0n) is 11.6. The number of aromatic nitrogens is 2. The Morgan fingerprint density at radius 3 is 3.00 bits per heavy atom. The predicted octanol–water partition coefficient (Wildman–Crippen LogP) is 2.07. The molecule has 0 saturated heterocycles. The number of carbonyl (C=O) groups excluding carboxylic acids is 1. The van der Waals surface area contributed by atoms with Crippen LogP contribution in [0.25, 0.3) is 16.5 Å². The van der Waals surface area contributed by atoms with Crippen LogP contribution in [0.1, 0.15) is 22.5 Å². The number of nitrogens with one attached hydrogen (secondary N) is 1. The van der Waals surface area contributed by atoms with Crippen molar-refractivity contribution in [1.82, 2.24) is 15.1 Å². The summed E-state index contributed by atoms with van der Waals surface area (Å²) in [7, 11) is 3.49. The molecule has 1 aromatic carbocycles. The largest absolute Gasteiger partial charge is 0.465 e. The van der Waals surface area contributed by atoms with E-state index in [0.29, 0.717) is 5.56 Å². The Hall–Kier alpha value is -2.14. The molecule has 3 rings (SSSR count). The molecule has 104 valence electrons. The maximum absolute atomic E-state index is 11.6. The minimum absolute atomic E-state index is 0.323. The van der Waals surface area contributed by atoms with E-state index in [-0.39, 0.29) is 5.97 Å². The third-order valence-corrected chi connectivity index (χ3v) is 3.70. The Labute approximate surface area is 117 Å². The van der Waals surface area contributed by atoms with Gasteiger partial charge in [0.25, 0.3) is 0 Å². The maximum Gasteiger partial charge on any atom is 0.337 e. The fourth-order valence-electron chi connectivity index (χ4n) is 2.49. The number of fused-ring (bicyclic) bond motifs is 1. The first-order chi connectivity index (χ1) is 9.69. The molecule has 0 spiro atoms. The molecule has 1 aromatic heterocycles. The molecule has 1 aliphatic rings. The highest BCUT2D eigenvalue weighted by Gasteiger charge is 2.16. The van der Waals surface area contributed by atoms with Crippen LogP contribution in [0.15, 0.2) is 24.3 Å². The topological polar surface area (TPSA) is 58.2 Å². The van der Waals surface area contributed by atoms with Crippen LogP contribution in [0, 0.1) is 0 Å². The van der Waals surface area contributed by atoms with Gasteiger partial charge in [0.05, 0.1) is 23.9 Å². The van der Waals surface area contributed by atoms with E-state index in [1.165, 1.54) is 12.7 Å². The number of hydrogen-bond acceptors (Lipinski definition) is 4. The van der Waals surface area contributed by atoms with Gasteiger partial charge in [-0.1, -0.05) is 6.08 Å². The standard InChI is InChI=1S/C15H17N3O2/c1-18-7-5-10(6-8-18)14-12-9-11(15(19)20-2)3-4-13(12)16-17-14/h3-5,9H,6-8H2,1-2H3,(H,16,17). The van der Waals surface area contributed by atoms with Gasteiger partial charge in [0.15, 0.2) is 0 Å². The molecule has 1 aliphatic heterocycles. The molecule has 2 heterocycles. The van der Waals surface area contributed by atoms with Gasteiger partial charge in [-0.3, -0.25) is 5.10 Å². The third kappa shape index (κ3) is 2.20. The first-order valence-electron chi connectivity index (χ1n) is 6.63. The molecular weight excluding hydrogens is 254 g/mol. The van der Waals surface area contributed by atoms with Crippen molar-refractivity contribution in [3.05, 3.63) is 35.5 Å². The van der Waals surface area contributed by atoms with Crippen molar-refractivity contribution in [2.45, 2.75) is 6.42 Å². The highest BCUT2D eigenvalue weighted by atomic mass is 16.5. The number of H-pyrrole nitrogens is 1. The molecule has 0 aliphatic carbocycles. The second kappa shape index (κ2) is 5.09. The quantitative estimate of drug-likeness (QED) is 0.849. The van der Waals surface area contributed by atoms with Crippen molar-refractivity contribution in [1.29, 1.82) is 0 Å². The lowest BCUT2D eigenvalue weighted by molar-refractivity contribution is 0.0601. The Balaban J connectivity index is 2.05. The molecular formula is C15H17N3O2. The summed E-state index contributed by atoms with van der Waals surface area (Å²) < 4.78 is 4.77. The maximum atomic E-state index is 11.6. The van der Waals surface area contributed by atoms with Crippen LogP contribution in [0.3, 0.4) is 0 Å². The van der Waals surface area contributed by atoms with Gasteiger partial charge in [0.1, 0.15) is 0 Å². The average molecular weight is 271 g/mol. The molecule has 0 radical (unpaired) electrons. The van der Waals surface area contributed by atoms with Crippen molar-refractivity contribution in [3.63, 3.8) is 0 Å². The SMILES string of the molecule is COC(=O)c1ccc2[nH]nc(C3=CCN(C)CC3)c2c1. The second-order valence-electron chi connectivity index (χ2n) is 5.07. The van der Waals surface area contributed by atoms with E-state index < -0.39 is 0 Å². The first-order valence-corrected chi connectivity index (χ1v) is 6.63. The zero-order chi connectivity index (χ0) is 14.1. The van der Waals surface area contributed by atoms with Crippen LogP contribution in [-0.2, 0) is 4.74 Å². The van der Waals surface area contributed by atoms with Crippen LogP contribution in [-0.4, -0.2) is 48.3 Å². The molecule has 0 saturated carbocycles. The van der Waals surface area contributed by atoms with E-state index in [2.05, 4.69) is 28.2 Å². The number of aromatic amines is 1. The Kier molecular flexibility index (Phi) is 3.28. The summed E-state index contributed by atoms with van der Waals surface area (Å²) in [6.07, 6.45) is 3.17. The third-order valence-electron chi connectivity index (χ3n) is 3.70. The normalized spacial score (nSPS) is 16.2. The Morgan fingerprint density at radius 2 is 2.30 bits per heavy atom. The van der Waals surface area contributed by atoms with Crippen molar-refractivity contribution in [2.24, 2.45) is 0 Å². The highest BCUT2D eigenvalue weighted by molar-refractivity contribution is 5.98. The number of carbonyl (C=O) groups is 1. The molecule has 0 unspecified atom stereocenters. The fourth-order valence-corrected chi connectivity index (χ4v) is 2.49.